The van der Waals surface area contributed by atoms with E-state index in [1.807, 2.05) is 35.1 Å². The molecule has 0 spiro atoms. The van der Waals surface area contributed by atoms with Gasteiger partial charge in [-0.1, -0.05) is 18.2 Å². The molecule has 3 heterocycles. The summed E-state index contributed by atoms with van der Waals surface area (Å²) in [5.41, 5.74) is 1.59. The third kappa shape index (κ3) is 4.75. The van der Waals surface area contributed by atoms with Gasteiger partial charge in [-0.25, -0.2) is 0 Å². The Kier molecular flexibility index (Phi) is 6.69. The molecular formula is C22H24N6O3S. The Morgan fingerprint density at radius 1 is 1.19 bits per heavy atom. The Morgan fingerprint density at radius 2 is 2.00 bits per heavy atom. The van der Waals surface area contributed by atoms with Crippen LogP contribution in [0.2, 0.25) is 0 Å². The van der Waals surface area contributed by atoms with E-state index >= 15 is 0 Å². The van der Waals surface area contributed by atoms with Crippen molar-refractivity contribution in [2.75, 3.05) is 17.3 Å². The fourth-order valence-corrected chi connectivity index (χ4v) is 4.13. The molecule has 0 saturated heterocycles. The molecule has 9 nitrogen and oxygen atoms in total. The number of pyridine rings is 1. The van der Waals surface area contributed by atoms with Crippen molar-refractivity contribution in [1.29, 1.82) is 0 Å². The lowest BCUT2D eigenvalue weighted by atomic mass is 10.1. The summed E-state index contributed by atoms with van der Waals surface area (Å²) in [5, 5.41) is 17.0. The van der Waals surface area contributed by atoms with Crippen LogP contribution in [0, 0.1) is 0 Å². The molecule has 3 aromatic rings. The van der Waals surface area contributed by atoms with Gasteiger partial charge in [-0.15, -0.1) is 10.2 Å². The fraction of sp³-hybridized carbons (Fsp3) is 0.318. The van der Waals surface area contributed by atoms with Gasteiger partial charge in [0.15, 0.2) is 11.5 Å². The summed E-state index contributed by atoms with van der Waals surface area (Å²) in [5.74, 6) is 0.619. The molecular weight excluding hydrogens is 428 g/mol. The number of hydrogen-bond donors (Lipinski definition) is 3. The number of nitrogens with one attached hydrogen (secondary N) is 3. The minimum absolute atomic E-state index is 0.0845. The molecule has 3 amide bonds. The van der Waals surface area contributed by atoms with E-state index in [9.17, 15) is 14.4 Å². The zero-order valence-corrected chi connectivity index (χ0v) is 18.4. The molecule has 4 rings (SSSR count). The predicted molar refractivity (Wildman–Crippen MR) is 122 cm³/mol. The van der Waals surface area contributed by atoms with Crippen LogP contribution in [0.1, 0.15) is 41.5 Å². The Hall–Kier alpha value is -3.40. The second-order valence-electron chi connectivity index (χ2n) is 7.49. The second kappa shape index (κ2) is 9.82. The highest BCUT2D eigenvalue weighted by Gasteiger charge is 2.28. The van der Waals surface area contributed by atoms with Gasteiger partial charge in [0.05, 0.1) is 17.3 Å². The normalized spacial score (nSPS) is 16.6. The first kappa shape index (κ1) is 21.8. The highest BCUT2D eigenvalue weighted by Crippen LogP contribution is 2.21. The van der Waals surface area contributed by atoms with Gasteiger partial charge < -0.3 is 16.0 Å². The number of fused-ring (bicyclic) bond motifs is 2. The summed E-state index contributed by atoms with van der Waals surface area (Å²) < 4.78 is 1.86. The topological polar surface area (TPSA) is 117 Å². The van der Waals surface area contributed by atoms with Crippen LogP contribution in [0.15, 0.2) is 48.7 Å². The summed E-state index contributed by atoms with van der Waals surface area (Å²) >= 11 is 1.68. The molecule has 0 fully saturated rings. The van der Waals surface area contributed by atoms with Gasteiger partial charge >= 0.3 is 0 Å². The summed E-state index contributed by atoms with van der Waals surface area (Å²) in [7, 11) is 0. The van der Waals surface area contributed by atoms with Crippen molar-refractivity contribution in [3.63, 3.8) is 0 Å². The molecule has 0 radical (unpaired) electrons. The standard InChI is InChI=1S/C22H24N6O3S/c1-32-13-11-16(20-27-26-18-8-4-5-12-28(18)20)23-19(29)10-9-17-22(31)24-15-7-3-2-6-14(15)21(30)25-17/h2-8,12,16-17H,9-11,13H2,1H3,(H,23,29)(H,24,31)(H,25,30)/t16-,17-/m1/s1. The molecule has 166 valence electrons. The van der Waals surface area contributed by atoms with E-state index in [1.54, 1.807) is 36.0 Å². The van der Waals surface area contributed by atoms with Gasteiger partial charge in [0, 0.05) is 12.6 Å². The monoisotopic (exact) mass is 452 g/mol. The van der Waals surface area contributed by atoms with Crippen LogP contribution >= 0.6 is 11.8 Å². The largest absolute Gasteiger partial charge is 0.346 e. The number of carbonyl (C=O) groups excluding carboxylic acids is 3. The molecule has 1 aromatic carbocycles. The number of benzene rings is 1. The van der Waals surface area contributed by atoms with Crippen LogP contribution in [0.4, 0.5) is 5.69 Å². The maximum atomic E-state index is 12.8. The molecule has 10 heteroatoms. The van der Waals surface area contributed by atoms with Crippen LogP contribution in [0.3, 0.4) is 0 Å². The lowest BCUT2D eigenvalue weighted by Crippen LogP contribution is -2.42. The third-order valence-corrected chi connectivity index (χ3v) is 5.95. The first-order chi connectivity index (χ1) is 15.6. The quantitative estimate of drug-likeness (QED) is 0.482. The summed E-state index contributed by atoms with van der Waals surface area (Å²) in [6.45, 7) is 0. The number of nitrogens with zero attached hydrogens (tertiary/aromatic N) is 3. The molecule has 0 saturated carbocycles. The van der Waals surface area contributed by atoms with Crippen molar-refractivity contribution in [1.82, 2.24) is 25.2 Å². The fourth-order valence-electron chi connectivity index (χ4n) is 3.66. The van der Waals surface area contributed by atoms with Crippen molar-refractivity contribution in [2.45, 2.75) is 31.3 Å². The number of para-hydroxylation sites is 1. The molecule has 2 atom stereocenters. The minimum Gasteiger partial charge on any atom is -0.346 e. The van der Waals surface area contributed by atoms with Crippen LogP contribution in [0.25, 0.3) is 5.65 Å². The van der Waals surface area contributed by atoms with E-state index in [4.69, 9.17) is 0 Å². The average molecular weight is 453 g/mol. The number of rotatable bonds is 8. The smallest absolute Gasteiger partial charge is 0.254 e. The summed E-state index contributed by atoms with van der Waals surface area (Å²) in [6, 6.07) is 11.3. The van der Waals surface area contributed by atoms with Gasteiger partial charge in [-0.2, -0.15) is 11.8 Å². The van der Waals surface area contributed by atoms with Gasteiger partial charge in [-0.3, -0.25) is 18.8 Å². The predicted octanol–water partition coefficient (Wildman–Crippen LogP) is 2.17. The Labute approximate surface area is 189 Å². The van der Waals surface area contributed by atoms with Crippen molar-refractivity contribution >= 4 is 40.8 Å². The number of thioether (sulfide) groups is 1. The molecule has 2 aromatic heterocycles. The number of aromatic nitrogens is 3. The maximum Gasteiger partial charge on any atom is 0.254 e. The van der Waals surface area contributed by atoms with Crippen molar-refractivity contribution < 1.29 is 14.4 Å². The Bertz CT molecular complexity index is 1150. The van der Waals surface area contributed by atoms with Gasteiger partial charge in [0.25, 0.3) is 5.91 Å². The van der Waals surface area contributed by atoms with Crippen molar-refractivity contribution in [3.05, 3.63) is 60.0 Å². The van der Waals surface area contributed by atoms with Crippen LogP contribution < -0.4 is 16.0 Å². The second-order valence-corrected chi connectivity index (χ2v) is 8.47. The molecule has 32 heavy (non-hydrogen) atoms. The zero-order chi connectivity index (χ0) is 22.5. The molecule has 1 aliphatic rings. The average Bonchev–Trinajstić information content (AvgIpc) is 3.18. The van der Waals surface area contributed by atoms with E-state index < -0.39 is 6.04 Å². The number of anilines is 1. The first-order valence-electron chi connectivity index (χ1n) is 10.4. The lowest BCUT2D eigenvalue weighted by Gasteiger charge is -2.18. The molecule has 1 aliphatic heterocycles. The molecule has 0 unspecified atom stereocenters. The van der Waals surface area contributed by atoms with E-state index in [0.717, 1.165) is 5.75 Å². The lowest BCUT2D eigenvalue weighted by molar-refractivity contribution is -0.122. The van der Waals surface area contributed by atoms with Crippen molar-refractivity contribution in [2.24, 2.45) is 0 Å². The van der Waals surface area contributed by atoms with Crippen molar-refractivity contribution in [3.8, 4) is 0 Å². The van der Waals surface area contributed by atoms with Crippen LogP contribution in [-0.2, 0) is 9.59 Å². The maximum absolute atomic E-state index is 12.8. The van der Waals surface area contributed by atoms with Gasteiger partial charge in [0.1, 0.15) is 6.04 Å². The van der Waals surface area contributed by atoms with Gasteiger partial charge in [0.2, 0.25) is 11.8 Å². The first-order valence-corrected chi connectivity index (χ1v) is 11.7. The Morgan fingerprint density at radius 3 is 2.84 bits per heavy atom. The van der Waals surface area contributed by atoms with Gasteiger partial charge in [-0.05, 0) is 49.1 Å². The Balaban J connectivity index is 1.41. The number of hydrogen-bond acceptors (Lipinski definition) is 6. The highest BCUT2D eigenvalue weighted by molar-refractivity contribution is 7.98. The van der Waals surface area contributed by atoms with Crippen LogP contribution in [-0.4, -0.2) is 50.4 Å². The molecule has 0 bridgehead atoms. The molecule has 3 N–H and O–H groups in total. The summed E-state index contributed by atoms with van der Waals surface area (Å²) in [6.07, 6.45) is 4.84. The number of amides is 3. The molecule has 0 aliphatic carbocycles. The van der Waals surface area contributed by atoms with E-state index in [1.165, 1.54) is 0 Å². The van der Waals surface area contributed by atoms with E-state index in [0.29, 0.717) is 29.1 Å². The SMILES string of the molecule is CSCC[C@@H](NC(=O)CC[C@H]1NC(=O)c2ccccc2NC1=O)c1nnc2ccccn12. The van der Waals surface area contributed by atoms with Crippen LogP contribution in [0.5, 0.6) is 0 Å². The minimum atomic E-state index is -0.792. The summed E-state index contributed by atoms with van der Waals surface area (Å²) in [4.78, 5) is 37.8. The highest BCUT2D eigenvalue weighted by atomic mass is 32.2. The van der Waals surface area contributed by atoms with E-state index in [-0.39, 0.29) is 36.6 Å². The zero-order valence-electron chi connectivity index (χ0n) is 17.6. The van der Waals surface area contributed by atoms with E-state index in [2.05, 4.69) is 26.1 Å². The third-order valence-electron chi connectivity index (χ3n) is 5.31. The number of carbonyl (C=O) groups is 3.